The predicted molar refractivity (Wildman–Crippen MR) is 135 cm³/mol. The lowest BCUT2D eigenvalue weighted by atomic mass is 10.1. The van der Waals surface area contributed by atoms with E-state index in [9.17, 15) is 4.79 Å². The predicted octanol–water partition coefficient (Wildman–Crippen LogP) is 4.17. The number of piperazine rings is 1. The molecular weight excluding hydrogens is 456 g/mol. The number of thiazole rings is 1. The van der Waals surface area contributed by atoms with Crippen LogP contribution in [0.2, 0.25) is 0 Å². The Bertz CT molecular complexity index is 1050. The minimum Gasteiger partial charge on any atom is -0.493 e. The molecule has 0 aliphatic carbocycles. The normalized spacial score (nSPS) is 14.9. The molecule has 4 rings (SSSR count). The third-order valence-electron chi connectivity index (χ3n) is 5.83. The summed E-state index contributed by atoms with van der Waals surface area (Å²) >= 11 is 2.96. The van der Waals surface area contributed by atoms with Crippen LogP contribution in [0.1, 0.15) is 16.1 Å². The van der Waals surface area contributed by atoms with Gasteiger partial charge >= 0.3 is 0 Å². The second-order valence-electron chi connectivity index (χ2n) is 8.02. The van der Waals surface area contributed by atoms with Crippen molar-refractivity contribution in [3.8, 4) is 22.8 Å². The van der Waals surface area contributed by atoms with Crippen LogP contribution >= 0.6 is 22.7 Å². The van der Waals surface area contributed by atoms with Gasteiger partial charge in [0, 0.05) is 43.7 Å². The Kier molecular flexibility index (Phi) is 7.97. The quantitative estimate of drug-likeness (QED) is 0.452. The van der Waals surface area contributed by atoms with Crippen molar-refractivity contribution in [2.45, 2.75) is 6.42 Å². The van der Waals surface area contributed by atoms with Crippen molar-refractivity contribution in [2.75, 3.05) is 65.4 Å². The van der Waals surface area contributed by atoms with Gasteiger partial charge in [-0.2, -0.15) is 0 Å². The van der Waals surface area contributed by atoms with Gasteiger partial charge in [0.2, 0.25) is 0 Å². The van der Waals surface area contributed by atoms with Gasteiger partial charge in [-0.3, -0.25) is 9.69 Å². The number of aromatic nitrogens is 1. The lowest BCUT2D eigenvalue weighted by Gasteiger charge is -2.32. The molecule has 0 saturated carbocycles. The molecule has 9 heteroatoms. The van der Waals surface area contributed by atoms with Crippen LogP contribution in [0.5, 0.6) is 11.5 Å². The number of likely N-dealkylation sites (N-methyl/N-ethyl adjacent to an activating group) is 1. The first-order valence-electron chi connectivity index (χ1n) is 11.0. The van der Waals surface area contributed by atoms with E-state index in [0.717, 1.165) is 60.4 Å². The first kappa shape index (κ1) is 23.7. The maximum absolute atomic E-state index is 13.3. The number of nitrogens with zero attached hydrogens (tertiary/aromatic N) is 4. The van der Waals surface area contributed by atoms with Crippen molar-refractivity contribution in [1.29, 1.82) is 0 Å². The second-order valence-corrected chi connectivity index (χ2v) is 9.80. The van der Waals surface area contributed by atoms with Crippen molar-refractivity contribution < 1.29 is 14.3 Å². The van der Waals surface area contributed by atoms with Crippen LogP contribution in [0.15, 0.2) is 41.1 Å². The molecule has 0 N–H and O–H groups in total. The molecule has 7 nitrogen and oxygen atoms in total. The largest absolute Gasteiger partial charge is 0.493 e. The van der Waals surface area contributed by atoms with Gasteiger partial charge in [-0.05, 0) is 49.7 Å². The molecule has 1 saturated heterocycles. The first-order valence-corrected chi connectivity index (χ1v) is 12.8. The van der Waals surface area contributed by atoms with Crippen molar-refractivity contribution >= 4 is 33.7 Å². The van der Waals surface area contributed by atoms with E-state index < -0.39 is 0 Å². The SMILES string of the molecule is COc1ccc(-c2csc(N(CCCN3CCN(C)CC3)C(=O)c3cccs3)n2)cc1OC. The summed E-state index contributed by atoms with van der Waals surface area (Å²) in [6.07, 6.45) is 0.909. The molecule has 1 fully saturated rings. The Balaban J connectivity index is 1.51. The number of hydrogen-bond donors (Lipinski definition) is 0. The Morgan fingerprint density at radius 1 is 1.09 bits per heavy atom. The number of hydrogen-bond acceptors (Lipinski definition) is 8. The summed E-state index contributed by atoms with van der Waals surface area (Å²) in [6.45, 7) is 5.97. The number of benzene rings is 1. The van der Waals surface area contributed by atoms with E-state index in [-0.39, 0.29) is 5.91 Å². The van der Waals surface area contributed by atoms with Gasteiger partial charge in [0.15, 0.2) is 16.6 Å². The molecule has 0 atom stereocenters. The van der Waals surface area contributed by atoms with Gasteiger partial charge in [-0.15, -0.1) is 22.7 Å². The summed E-state index contributed by atoms with van der Waals surface area (Å²) in [5.41, 5.74) is 1.75. The molecule has 1 aliphatic rings. The number of thiophene rings is 1. The molecule has 3 aromatic rings. The molecule has 2 aromatic heterocycles. The van der Waals surface area contributed by atoms with E-state index in [4.69, 9.17) is 14.5 Å². The molecule has 33 heavy (non-hydrogen) atoms. The molecule has 0 unspecified atom stereocenters. The molecule has 0 bridgehead atoms. The summed E-state index contributed by atoms with van der Waals surface area (Å²) in [5, 5.41) is 4.65. The zero-order valence-corrected chi connectivity index (χ0v) is 21.0. The number of anilines is 1. The van der Waals surface area contributed by atoms with Gasteiger partial charge in [-0.1, -0.05) is 6.07 Å². The summed E-state index contributed by atoms with van der Waals surface area (Å²) in [4.78, 5) is 25.5. The van der Waals surface area contributed by atoms with E-state index >= 15 is 0 Å². The fourth-order valence-electron chi connectivity index (χ4n) is 3.86. The van der Waals surface area contributed by atoms with Crippen molar-refractivity contribution in [3.63, 3.8) is 0 Å². The van der Waals surface area contributed by atoms with Gasteiger partial charge < -0.3 is 19.3 Å². The van der Waals surface area contributed by atoms with Crippen LogP contribution in [0, 0.1) is 0 Å². The van der Waals surface area contributed by atoms with E-state index in [2.05, 4.69) is 16.8 Å². The highest BCUT2D eigenvalue weighted by Crippen LogP contribution is 2.34. The lowest BCUT2D eigenvalue weighted by molar-refractivity contribution is 0.0988. The topological polar surface area (TPSA) is 58.1 Å². The molecule has 0 spiro atoms. The molecule has 176 valence electrons. The number of rotatable bonds is 9. The van der Waals surface area contributed by atoms with Crippen molar-refractivity contribution in [1.82, 2.24) is 14.8 Å². The number of carbonyl (C=O) groups is 1. The number of amides is 1. The molecule has 1 amide bonds. The van der Waals surface area contributed by atoms with Crippen LogP contribution in [-0.2, 0) is 0 Å². The Morgan fingerprint density at radius 2 is 1.88 bits per heavy atom. The Morgan fingerprint density at radius 3 is 2.58 bits per heavy atom. The lowest BCUT2D eigenvalue weighted by Crippen LogP contribution is -2.45. The highest BCUT2D eigenvalue weighted by atomic mass is 32.1. The van der Waals surface area contributed by atoms with Crippen LogP contribution in [0.4, 0.5) is 5.13 Å². The minimum absolute atomic E-state index is 0.0107. The smallest absolute Gasteiger partial charge is 0.270 e. The maximum Gasteiger partial charge on any atom is 0.270 e. The monoisotopic (exact) mass is 486 g/mol. The van der Waals surface area contributed by atoms with Crippen LogP contribution < -0.4 is 14.4 Å². The van der Waals surface area contributed by atoms with Crippen molar-refractivity contribution in [3.05, 3.63) is 46.0 Å². The summed E-state index contributed by atoms with van der Waals surface area (Å²) in [7, 11) is 5.40. The molecule has 3 heterocycles. The third-order valence-corrected chi connectivity index (χ3v) is 7.55. The molecular formula is C24H30N4O3S2. The fraction of sp³-hybridized carbons (Fsp3) is 0.417. The average Bonchev–Trinajstić information content (AvgIpc) is 3.55. The highest BCUT2D eigenvalue weighted by Gasteiger charge is 2.23. The maximum atomic E-state index is 13.3. The van der Waals surface area contributed by atoms with Gasteiger partial charge in [-0.25, -0.2) is 4.98 Å². The van der Waals surface area contributed by atoms with Crippen LogP contribution in [0.3, 0.4) is 0 Å². The zero-order chi connectivity index (χ0) is 23.2. The van der Waals surface area contributed by atoms with E-state index in [1.54, 1.807) is 14.2 Å². The molecule has 0 radical (unpaired) electrons. The Hall–Kier alpha value is -2.46. The first-order chi connectivity index (χ1) is 16.1. The fourth-order valence-corrected chi connectivity index (χ4v) is 5.39. The minimum atomic E-state index is 0.0107. The number of carbonyl (C=O) groups excluding carboxylic acids is 1. The summed E-state index contributed by atoms with van der Waals surface area (Å²) in [5.74, 6) is 1.34. The standard InChI is InChI=1S/C24H30N4O3S2/c1-26-11-13-27(14-12-26)9-5-10-28(23(29)22-6-4-15-32-22)24-25-19(17-33-24)18-7-8-20(30-2)21(16-18)31-3/h4,6-8,15-17H,5,9-14H2,1-3H3. The average molecular weight is 487 g/mol. The third kappa shape index (κ3) is 5.73. The van der Waals surface area contributed by atoms with Crippen LogP contribution in [0.25, 0.3) is 11.3 Å². The van der Waals surface area contributed by atoms with Gasteiger partial charge in [0.1, 0.15) is 0 Å². The Labute approximate surface area is 203 Å². The van der Waals surface area contributed by atoms with Crippen molar-refractivity contribution in [2.24, 2.45) is 0 Å². The molecule has 1 aliphatic heterocycles. The number of methoxy groups -OCH3 is 2. The van der Waals surface area contributed by atoms with Crippen LogP contribution in [-0.4, -0.2) is 81.2 Å². The summed E-state index contributed by atoms with van der Waals surface area (Å²) < 4.78 is 10.8. The van der Waals surface area contributed by atoms with E-state index in [0.29, 0.717) is 18.0 Å². The molecule has 1 aromatic carbocycles. The van der Waals surface area contributed by atoms with Gasteiger partial charge in [0.25, 0.3) is 5.91 Å². The zero-order valence-electron chi connectivity index (χ0n) is 19.3. The van der Waals surface area contributed by atoms with E-state index in [1.807, 2.05) is 46.0 Å². The van der Waals surface area contributed by atoms with Gasteiger partial charge in [0.05, 0.1) is 24.8 Å². The summed E-state index contributed by atoms with van der Waals surface area (Å²) in [6, 6.07) is 9.54. The second kappa shape index (κ2) is 11.1. The highest BCUT2D eigenvalue weighted by molar-refractivity contribution is 7.14. The van der Waals surface area contributed by atoms with E-state index in [1.165, 1.54) is 22.7 Å². The number of ether oxygens (including phenoxy) is 2.